The highest BCUT2D eigenvalue weighted by Gasteiger charge is 2.41. The number of carbonyl (C=O) groups is 2. The molecular weight excluding hydrogens is 434 g/mol. The third-order valence-corrected chi connectivity index (χ3v) is 8.11. The van der Waals surface area contributed by atoms with Crippen LogP contribution in [0.5, 0.6) is 0 Å². The van der Waals surface area contributed by atoms with E-state index in [4.69, 9.17) is 0 Å². The van der Waals surface area contributed by atoms with Gasteiger partial charge in [0.15, 0.2) is 0 Å². The minimum Gasteiger partial charge on any atom is -0.342 e. The van der Waals surface area contributed by atoms with Crippen molar-refractivity contribution >= 4 is 22.6 Å². The van der Waals surface area contributed by atoms with Gasteiger partial charge in [0.1, 0.15) is 0 Å². The van der Waals surface area contributed by atoms with Crippen LogP contribution in [0.3, 0.4) is 0 Å². The van der Waals surface area contributed by atoms with Gasteiger partial charge in [-0.25, -0.2) is 0 Å². The fraction of sp³-hybridized carbons (Fsp3) is 0.433. The van der Waals surface area contributed by atoms with Crippen molar-refractivity contribution in [2.24, 2.45) is 11.3 Å². The van der Waals surface area contributed by atoms with Gasteiger partial charge in [0.2, 0.25) is 5.91 Å². The molecular formula is C30H35N3O2. The summed E-state index contributed by atoms with van der Waals surface area (Å²) in [4.78, 5) is 34.8. The molecule has 0 spiro atoms. The lowest BCUT2D eigenvalue weighted by Crippen LogP contribution is -2.50. The number of benzene rings is 2. The molecule has 0 radical (unpaired) electrons. The molecule has 2 aromatic carbocycles. The molecule has 182 valence electrons. The summed E-state index contributed by atoms with van der Waals surface area (Å²) in [5, 5.41) is 2.49. The molecule has 5 nitrogen and oxygen atoms in total. The van der Waals surface area contributed by atoms with E-state index in [0.717, 1.165) is 57.2 Å². The first kappa shape index (κ1) is 23.5. The number of hydrogen-bond donors (Lipinski definition) is 0. The number of rotatable bonds is 4. The van der Waals surface area contributed by atoms with Gasteiger partial charge in [-0.15, -0.1) is 0 Å². The van der Waals surface area contributed by atoms with Gasteiger partial charge in [0.25, 0.3) is 5.91 Å². The molecule has 3 heterocycles. The van der Waals surface area contributed by atoms with E-state index in [0.29, 0.717) is 19.0 Å². The van der Waals surface area contributed by atoms with Gasteiger partial charge >= 0.3 is 0 Å². The summed E-state index contributed by atoms with van der Waals surface area (Å²) in [6.45, 7) is 5.05. The number of hydrogen-bond acceptors (Lipinski definition) is 3. The highest BCUT2D eigenvalue weighted by Crippen LogP contribution is 2.35. The molecule has 1 aromatic heterocycles. The first-order chi connectivity index (χ1) is 17.0. The van der Waals surface area contributed by atoms with E-state index in [2.05, 4.69) is 41.1 Å². The van der Waals surface area contributed by atoms with E-state index >= 15 is 0 Å². The van der Waals surface area contributed by atoms with Crippen LogP contribution < -0.4 is 0 Å². The topological polar surface area (TPSA) is 53.5 Å². The number of piperidine rings is 1. The number of pyridine rings is 1. The summed E-state index contributed by atoms with van der Waals surface area (Å²) in [6.07, 6.45) is 9.57. The standard InChI is InChI=1S/C30H35N3O2/c1-30(14-19-32(20-15-30)28(34)25-8-3-2-4-9-25)29(35)33-17-6-7-23(13-18-33)21-26-11-5-10-24-12-16-31-22-27(24)26/h2-5,8-12,16,22-23H,6-7,13-15,17-21H2,1H3/t23-/m0/s1. The molecule has 2 aliphatic heterocycles. The van der Waals surface area contributed by atoms with Crippen LogP contribution in [0.4, 0.5) is 0 Å². The van der Waals surface area contributed by atoms with Crippen molar-refractivity contribution in [1.82, 2.24) is 14.8 Å². The zero-order valence-electron chi connectivity index (χ0n) is 20.7. The first-order valence-electron chi connectivity index (χ1n) is 13.0. The molecule has 2 fully saturated rings. The molecule has 0 bridgehead atoms. The molecule has 0 saturated carbocycles. The van der Waals surface area contributed by atoms with Crippen molar-refractivity contribution in [1.29, 1.82) is 0 Å². The molecule has 2 aliphatic rings. The van der Waals surface area contributed by atoms with Crippen LogP contribution >= 0.6 is 0 Å². The van der Waals surface area contributed by atoms with Crippen LogP contribution in [-0.4, -0.2) is 52.8 Å². The van der Waals surface area contributed by atoms with E-state index < -0.39 is 0 Å². The van der Waals surface area contributed by atoms with Gasteiger partial charge in [-0.05, 0) is 73.6 Å². The van der Waals surface area contributed by atoms with E-state index in [1.165, 1.54) is 16.3 Å². The summed E-state index contributed by atoms with van der Waals surface area (Å²) >= 11 is 0. The fourth-order valence-electron chi connectivity index (χ4n) is 5.80. The lowest BCUT2D eigenvalue weighted by atomic mass is 9.78. The highest BCUT2D eigenvalue weighted by molar-refractivity contribution is 5.94. The predicted octanol–water partition coefficient (Wildman–Crippen LogP) is 5.35. The van der Waals surface area contributed by atoms with Crippen LogP contribution in [0.1, 0.15) is 54.9 Å². The van der Waals surface area contributed by atoms with Crippen molar-refractivity contribution in [2.75, 3.05) is 26.2 Å². The van der Waals surface area contributed by atoms with Gasteiger partial charge < -0.3 is 9.80 Å². The SMILES string of the molecule is CC1(C(=O)N2CCC[C@H](Cc3cccc4ccncc34)CC2)CCN(C(=O)c2ccccc2)CC1. The quantitative estimate of drug-likeness (QED) is 0.518. The number of amides is 2. The Labute approximate surface area is 208 Å². The Morgan fingerprint density at radius 2 is 1.71 bits per heavy atom. The Hall–Kier alpha value is -3.21. The Kier molecular flexibility index (Phi) is 6.85. The zero-order valence-corrected chi connectivity index (χ0v) is 20.7. The average Bonchev–Trinajstić information content (AvgIpc) is 3.14. The number of carbonyl (C=O) groups excluding carboxylic acids is 2. The lowest BCUT2D eigenvalue weighted by molar-refractivity contribution is -0.143. The first-order valence-corrected chi connectivity index (χ1v) is 13.0. The Balaban J connectivity index is 1.18. The van der Waals surface area contributed by atoms with E-state index in [1.807, 2.05) is 47.6 Å². The molecule has 3 aromatic rings. The second-order valence-corrected chi connectivity index (χ2v) is 10.5. The number of fused-ring (bicyclic) bond motifs is 1. The average molecular weight is 470 g/mol. The molecule has 0 aliphatic carbocycles. The minimum atomic E-state index is -0.380. The van der Waals surface area contributed by atoms with Crippen molar-refractivity contribution < 1.29 is 9.59 Å². The van der Waals surface area contributed by atoms with Crippen molar-refractivity contribution in [3.05, 3.63) is 78.1 Å². The van der Waals surface area contributed by atoms with Crippen molar-refractivity contribution in [3.8, 4) is 0 Å². The van der Waals surface area contributed by atoms with Crippen LogP contribution in [0.25, 0.3) is 10.8 Å². The Morgan fingerprint density at radius 1 is 0.914 bits per heavy atom. The maximum Gasteiger partial charge on any atom is 0.253 e. The molecule has 5 rings (SSSR count). The van der Waals surface area contributed by atoms with Gasteiger partial charge in [0.05, 0.1) is 0 Å². The van der Waals surface area contributed by atoms with Crippen LogP contribution in [0, 0.1) is 11.3 Å². The molecule has 35 heavy (non-hydrogen) atoms. The van der Waals surface area contributed by atoms with Crippen molar-refractivity contribution in [3.63, 3.8) is 0 Å². The lowest BCUT2D eigenvalue weighted by Gasteiger charge is -2.41. The van der Waals surface area contributed by atoms with Gasteiger partial charge in [-0.1, -0.05) is 43.3 Å². The number of aromatic nitrogens is 1. The summed E-state index contributed by atoms with van der Waals surface area (Å²) in [6, 6.07) is 18.0. The zero-order chi connectivity index (χ0) is 24.3. The second kappa shape index (κ2) is 10.2. The third-order valence-electron chi connectivity index (χ3n) is 8.11. The van der Waals surface area contributed by atoms with Crippen LogP contribution in [0.2, 0.25) is 0 Å². The summed E-state index contributed by atoms with van der Waals surface area (Å²) in [5.74, 6) is 0.928. The van der Waals surface area contributed by atoms with E-state index in [1.54, 1.807) is 0 Å². The summed E-state index contributed by atoms with van der Waals surface area (Å²) < 4.78 is 0. The van der Waals surface area contributed by atoms with Crippen LogP contribution in [0.15, 0.2) is 67.0 Å². The Bertz CT molecular complexity index is 1180. The van der Waals surface area contributed by atoms with Crippen LogP contribution in [-0.2, 0) is 11.2 Å². The smallest absolute Gasteiger partial charge is 0.253 e. The Morgan fingerprint density at radius 3 is 2.51 bits per heavy atom. The maximum absolute atomic E-state index is 13.6. The molecule has 2 amide bonds. The minimum absolute atomic E-state index is 0.0707. The fourth-order valence-corrected chi connectivity index (χ4v) is 5.80. The van der Waals surface area contributed by atoms with E-state index in [9.17, 15) is 9.59 Å². The maximum atomic E-state index is 13.6. The number of nitrogens with zero attached hydrogens (tertiary/aromatic N) is 3. The second-order valence-electron chi connectivity index (χ2n) is 10.5. The third kappa shape index (κ3) is 5.09. The molecule has 2 saturated heterocycles. The molecule has 1 atom stereocenters. The predicted molar refractivity (Wildman–Crippen MR) is 139 cm³/mol. The summed E-state index contributed by atoms with van der Waals surface area (Å²) in [5.41, 5.74) is 1.71. The van der Waals surface area contributed by atoms with Crippen molar-refractivity contribution in [2.45, 2.75) is 45.4 Å². The molecule has 0 unspecified atom stereocenters. The van der Waals surface area contributed by atoms with Gasteiger partial charge in [0, 0.05) is 54.9 Å². The monoisotopic (exact) mass is 469 g/mol. The van der Waals surface area contributed by atoms with E-state index in [-0.39, 0.29) is 17.2 Å². The van der Waals surface area contributed by atoms with Gasteiger partial charge in [-0.3, -0.25) is 14.6 Å². The largest absolute Gasteiger partial charge is 0.342 e. The normalized spacial score (nSPS) is 20.4. The number of likely N-dealkylation sites (tertiary alicyclic amines) is 2. The van der Waals surface area contributed by atoms with Gasteiger partial charge in [-0.2, -0.15) is 0 Å². The summed E-state index contributed by atoms with van der Waals surface area (Å²) in [7, 11) is 0. The highest BCUT2D eigenvalue weighted by atomic mass is 16.2. The molecule has 5 heteroatoms. The molecule has 0 N–H and O–H groups in total.